The number of anilines is 2. The normalized spacial score (nSPS) is 11.8. The summed E-state index contributed by atoms with van der Waals surface area (Å²) in [7, 11) is -2.29. The predicted molar refractivity (Wildman–Crippen MR) is 119 cm³/mol. The molecule has 0 saturated heterocycles. The van der Waals surface area contributed by atoms with Crippen LogP contribution in [0.5, 0.6) is 5.75 Å². The maximum atomic E-state index is 13.3. The van der Waals surface area contributed by atoms with E-state index in [1.54, 1.807) is 31.4 Å². The van der Waals surface area contributed by atoms with Crippen LogP contribution in [0.25, 0.3) is 15.9 Å². The molecule has 2 aromatic carbocycles. The maximum Gasteiger partial charge on any atom is 0.229 e. The van der Waals surface area contributed by atoms with E-state index < -0.39 is 9.84 Å². The van der Waals surface area contributed by atoms with E-state index >= 15 is 0 Å². The topological polar surface area (TPSA) is 98.5 Å². The number of hydrogen-bond acceptors (Lipinski definition) is 8. The van der Waals surface area contributed by atoms with Crippen molar-refractivity contribution in [1.82, 2.24) is 19.8 Å². The van der Waals surface area contributed by atoms with Crippen LogP contribution in [-0.2, 0) is 9.84 Å². The molecule has 0 unspecified atom stereocenters. The molecule has 0 aliphatic rings. The van der Waals surface area contributed by atoms with Gasteiger partial charge in [-0.25, -0.2) is 13.4 Å². The number of benzene rings is 2. The van der Waals surface area contributed by atoms with Crippen LogP contribution in [0.15, 0.2) is 69.9 Å². The van der Waals surface area contributed by atoms with E-state index in [0.717, 1.165) is 21.5 Å². The van der Waals surface area contributed by atoms with Crippen LogP contribution in [-0.4, -0.2) is 35.3 Å². The SMILES string of the molecule is COc1cccc(Nc2nc3c(S(=O)(=O)c4ccc(C)cc4)nnn3c3ccsc23)c1. The molecule has 0 amide bonds. The van der Waals surface area contributed by atoms with Gasteiger partial charge in [-0.05, 0) is 42.6 Å². The van der Waals surface area contributed by atoms with Crippen LogP contribution in [0, 0.1) is 6.92 Å². The highest BCUT2D eigenvalue weighted by Gasteiger charge is 2.27. The largest absolute Gasteiger partial charge is 0.497 e. The Labute approximate surface area is 182 Å². The minimum Gasteiger partial charge on any atom is -0.497 e. The molecule has 1 N–H and O–H groups in total. The molecule has 0 radical (unpaired) electrons. The van der Waals surface area contributed by atoms with Gasteiger partial charge >= 0.3 is 0 Å². The molecule has 5 aromatic rings. The number of nitrogens with zero attached hydrogens (tertiary/aromatic N) is 4. The first-order chi connectivity index (χ1) is 15.0. The molecule has 0 aliphatic heterocycles. The second kappa shape index (κ2) is 7.33. The minimum atomic E-state index is -3.89. The van der Waals surface area contributed by atoms with Crippen molar-refractivity contribution in [3.63, 3.8) is 0 Å². The Morgan fingerprint density at radius 2 is 1.90 bits per heavy atom. The van der Waals surface area contributed by atoms with Crippen molar-refractivity contribution in [2.24, 2.45) is 0 Å². The fourth-order valence-corrected chi connectivity index (χ4v) is 5.30. The summed E-state index contributed by atoms with van der Waals surface area (Å²) in [6, 6.07) is 15.9. The fraction of sp³-hybridized carbons (Fsp3) is 0.0952. The van der Waals surface area contributed by atoms with Gasteiger partial charge in [-0.3, -0.25) is 0 Å². The average molecular weight is 452 g/mol. The number of aryl methyl sites for hydroxylation is 1. The molecule has 31 heavy (non-hydrogen) atoms. The lowest BCUT2D eigenvalue weighted by atomic mass is 10.2. The van der Waals surface area contributed by atoms with Gasteiger partial charge in [0, 0.05) is 11.8 Å². The van der Waals surface area contributed by atoms with Gasteiger partial charge in [-0.15, -0.1) is 16.4 Å². The molecule has 3 heterocycles. The zero-order chi connectivity index (χ0) is 21.6. The summed E-state index contributed by atoms with van der Waals surface area (Å²) in [6.07, 6.45) is 0. The van der Waals surface area contributed by atoms with Gasteiger partial charge in [0.2, 0.25) is 14.9 Å². The summed E-state index contributed by atoms with van der Waals surface area (Å²) in [5, 5.41) is 13.1. The van der Waals surface area contributed by atoms with E-state index in [1.807, 2.05) is 42.6 Å². The van der Waals surface area contributed by atoms with Crippen LogP contribution >= 0.6 is 11.3 Å². The van der Waals surface area contributed by atoms with Crippen LogP contribution in [0.1, 0.15) is 5.56 Å². The summed E-state index contributed by atoms with van der Waals surface area (Å²) in [4.78, 5) is 4.76. The number of ether oxygens (including phenoxy) is 1. The first kappa shape index (κ1) is 19.5. The Morgan fingerprint density at radius 3 is 2.68 bits per heavy atom. The van der Waals surface area contributed by atoms with Crippen molar-refractivity contribution in [2.75, 3.05) is 12.4 Å². The second-order valence-electron chi connectivity index (χ2n) is 6.90. The number of nitrogens with one attached hydrogen (secondary N) is 1. The predicted octanol–water partition coefficient (Wildman–Crippen LogP) is 4.23. The lowest BCUT2D eigenvalue weighted by molar-refractivity contribution is 0.415. The van der Waals surface area contributed by atoms with E-state index in [-0.39, 0.29) is 15.6 Å². The molecular formula is C21H17N5O3S2. The number of sulfone groups is 1. The molecule has 3 aromatic heterocycles. The Morgan fingerprint density at radius 1 is 1.10 bits per heavy atom. The number of methoxy groups -OCH3 is 1. The Hall–Kier alpha value is -3.50. The summed E-state index contributed by atoms with van der Waals surface area (Å²) >= 11 is 1.48. The first-order valence-corrected chi connectivity index (χ1v) is 11.7. The van der Waals surface area contributed by atoms with E-state index in [9.17, 15) is 8.42 Å². The average Bonchev–Trinajstić information content (AvgIpc) is 3.41. The molecule has 5 rings (SSSR count). The van der Waals surface area contributed by atoms with Crippen LogP contribution in [0.3, 0.4) is 0 Å². The summed E-state index contributed by atoms with van der Waals surface area (Å²) in [5.74, 6) is 1.22. The molecule has 0 bridgehead atoms. The Bertz CT molecular complexity index is 1520. The highest BCUT2D eigenvalue weighted by Crippen LogP contribution is 2.33. The standard InChI is InChI=1S/C21H17N5O3S2/c1-13-6-8-16(9-7-13)31(27,28)21-20-23-19(22-14-4-3-5-15(12-14)29-2)18-17(10-11-30-18)26(20)25-24-21/h3-12H,1-2H3,(H,22,23). The molecular weight excluding hydrogens is 434 g/mol. The van der Waals surface area contributed by atoms with Gasteiger partial charge in [0.15, 0.2) is 11.5 Å². The van der Waals surface area contributed by atoms with Gasteiger partial charge in [-0.1, -0.05) is 29.0 Å². The summed E-state index contributed by atoms with van der Waals surface area (Å²) in [6.45, 7) is 1.90. The minimum absolute atomic E-state index is 0.148. The zero-order valence-electron chi connectivity index (χ0n) is 16.6. The van der Waals surface area contributed by atoms with Gasteiger partial charge in [0.05, 0.1) is 22.2 Å². The van der Waals surface area contributed by atoms with Gasteiger partial charge in [0.1, 0.15) is 5.75 Å². The van der Waals surface area contributed by atoms with E-state index in [2.05, 4.69) is 20.6 Å². The monoisotopic (exact) mass is 451 g/mol. The lowest BCUT2D eigenvalue weighted by Gasteiger charge is -2.09. The molecule has 156 valence electrons. The van der Waals surface area contributed by atoms with E-state index in [4.69, 9.17) is 4.74 Å². The van der Waals surface area contributed by atoms with E-state index in [0.29, 0.717) is 11.6 Å². The maximum absolute atomic E-state index is 13.3. The van der Waals surface area contributed by atoms with Crippen molar-refractivity contribution in [3.8, 4) is 5.75 Å². The molecule has 10 heteroatoms. The highest BCUT2D eigenvalue weighted by atomic mass is 32.2. The number of aromatic nitrogens is 4. The number of thiophene rings is 1. The number of fused-ring (bicyclic) bond motifs is 3. The van der Waals surface area contributed by atoms with Crippen molar-refractivity contribution >= 4 is 48.5 Å². The summed E-state index contributed by atoms with van der Waals surface area (Å²) in [5.41, 5.74) is 2.62. The second-order valence-corrected chi connectivity index (χ2v) is 9.68. The number of rotatable bonds is 5. The van der Waals surface area contributed by atoms with Crippen molar-refractivity contribution in [2.45, 2.75) is 16.8 Å². The van der Waals surface area contributed by atoms with Gasteiger partial charge in [0.25, 0.3) is 0 Å². The molecule has 0 aliphatic carbocycles. The van der Waals surface area contributed by atoms with Crippen LogP contribution < -0.4 is 10.1 Å². The molecule has 0 spiro atoms. The van der Waals surface area contributed by atoms with Crippen LogP contribution in [0.2, 0.25) is 0 Å². The highest BCUT2D eigenvalue weighted by molar-refractivity contribution is 7.91. The number of hydrogen-bond donors (Lipinski definition) is 1. The quantitative estimate of drug-likeness (QED) is 0.427. The van der Waals surface area contributed by atoms with Gasteiger partial charge in [-0.2, -0.15) is 4.52 Å². The van der Waals surface area contributed by atoms with E-state index in [1.165, 1.54) is 15.9 Å². The summed E-state index contributed by atoms with van der Waals surface area (Å²) < 4.78 is 34.1. The molecule has 0 atom stereocenters. The van der Waals surface area contributed by atoms with Crippen molar-refractivity contribution in [3.05, 3.63) is 65.5 Å². The first-order valence-electron chi connectivity index (χ1n) is 9.33. The van der Waals surface area contributed by atoms with Crippen LogP contribution in [0.4, 0.5) is 11.5 Å². The zero-order valence-corrected chi connectivity index (χ0v) is 18.2. The smallest absolute Gasteiger partial charge is 0.229 e. The molecule has 0 fully saturated rings. The van der Waals surface area contributed by atoms with Crippen molar-refractivity contribution in [1.29, 1.82) is 0 Å². The Balaban J connectivity index is 1.69. The molecule has 8 nitrogen and oxygen atoms in total. The fourth-order valence-electron chi connectivity index (χ4n) is 3.25. The lowest BCUT2D eigenvalue weighted by Crippen LogP contribution is -2.05. The van der Waals surface area contributed by atoms with Crippen molar-refractivity contribution < 1.29 is 13.2 Å². The third-order valence-corrected chi connectivity index (χ3v) is 7.42. The van der Waals surface area contributed by atoms with Gasteiger partial charge < -0.3 is 10.1 Å². The Kier molecular flexibility index (Phi) is 4.60. The third-order valence-electron chi connectivity index (χ3n) is 4.84. The third kappa shape index (κ3) is 3.29. The molecule has 0 saturated carbocycles.